The van der Waals surface area contributed by atoms with Crippen molar-refractivity contribution in [2.24, 2.45) is 0 Å². The molecule has 1 unspecified atom stereocenters. The third-order valence-corrected chi connectivity index (χ3v) is 3.84. The second-order valence-corrected chi connectivity index (χ2v) is 5.39. The van der Waals surface area contributed by atoms with Crippen molar-refractivity contribution in [3.8, 4) is 0 Å². The van der Waals surface area contributed by atoms with Crippen LogP contribution in [-0.4, -0.2) is 18.6 Å². The van der Waals surface area contributed by atoms with E-state index in [0.717, 1.165) is 18.8 Å². The van der Waals surface area contributed by atoms with Gasteiger partial charge in [0, 0.05) is 24.2 Å². The van der Waals surface area contributed by atoms with Crippen molar-refractivity contribution < 1.29 is 0 Å². The molecule has 2 aromatic rings. The summed E-state index contributed by atoms with van der Waals surface area (Å²) in [5.41, 5.74) is 5.61. The Morgan fingerprint density at radius 2 is 2.16 bits per heavy atom. The van der Waals surface area contributed by atoms with Gasteiger partial charge in [0.05, 0.1) is 17.7 Å². The van der Waals surface area contributed by atoms with Crippen LogP contribution in [0, 0.1) is 0 Å². The first kappa shape index (κ1) is 14.0. The van der Waals surface area contributed by atoms with E-state index in [1.807, 2.05) is 5.51 Å². The van der Waals surface area contributed by atoms with E-state index in [4.69, 9.17) is 0 Å². The van der Waals surface area contributed by atoms with Crippen LogP contribution in [0.25, 0.3) is 0 Å². The standard InChI is InChI=1S/C15H21N3S/c1-4-16-12(2)14-7-5-6-8-15(14)18(3)9-13-10-19-11-17-13/h5-8,10-12,16H,4,9H2,1-3H3. The van der Waals surface area contributed by atoms with Crippen LogP contribution in [0.1, 0.15) is 31.1 Å². The minimum atomic E-state index is 0.360. The first-order valence-corrected chi connectivity index (χ1v) is 7.57. The van der Waals surface area contributed by atoms with Crippen molar-refractivity contribution >= 4 is 17.0 Å². The Hall–Kier alpha value is -1.39. The monoisotopic (exact) mass is 275 g/mol. The lowest BCUT2D eigenvalue weighted by Crippen LogP contribution is -2.23. The van der Waals surface area contributed by atoms with Crippen LogP contribution in [0.15, 0.2) is 35.2 Å². The van der Waals surface area contributed by atoms with Crippen molar-refractivity contribution in [3.05, 3.63) is 46.4 Å². The second kappa shape index (κ2) is 6.68. The van der Waals surface area contributed by atoms with E-state index in [0.29, 0.717) is 6.04 Å². The maximum atomic E-state index is 4.35. The van der Waals surface area contributed by atoms with E-state index in [2.05, 4.69) is 65.7 Å². The van der Waals surface area contributed by atoms with Crippen molar-refractivity contribution in [1.82, 2.24) is 10.3 Å². The molecule has 0 aliphatic carbocycles. The van der Waals surface area contributed by atoms with Gasteiger partial charge in [-0.1, -0.05) is 25.1 Å². The van der Waals surface area contributed by atoms with Gasteiger partial charge in [-0.05, 0) is 25.1 Å². The number of thiazole rings is 1. The average molecular weight is 275 g/mol. The molecule has 2 rings (SSSR count). The summed E-state index contributed by atoms with van der Waals surface area (Å²) < 4.78 is 0. The molecule has 0 aliphatic rings. The lowest BCUT2D eigenvalue weighted by atomic mass is 10.1. The highest BCUT2D eigenvalue weighted by Crippen LogP contribution is 2.26. The zero-order valence-electron chi connectivity index (χ0n) is 11.8. The number of hydrogen-bond donors (Lipinski definition) is 1. The average Bonchev–Trinajstić information content (AvgIpc) is 2.92. The first-order valence-electron chi connectivity index (χ1n) is 6.63. The molecule has 0 saturated carbocycles. The molecule has 4 heteroatoms. The lowest BCUT2D eigenvalue weighted by molar-refractivity contribution is 0.596. The van der Waals surface area contributed by atoms with Gasteiger partial charge in [0.1, 0.15) is 0 Å². The van der Waals surface area contributed by atoms with Crippen molar-refractivity contribution in [1.29, 1.82) is 0 Å². The fourth-order valence-corrected chi connectivity index (χ4v) is 2.81. The molecular formula is C15H21N3S. The van der Waals surface area contributed by atoms with Crippen LogP contribution in [0.5, 0.6) is 0 Å². The Bertz CT molecular complexity index is 496. The van der Waals surface area contributed by atoms with Gasteiger partial charge in [0.25, 0.3) is 0 Å². The van der Waals surface area contributed by atoms with E-state index in [-0.39, 0.29) is 0 Å². The lowest BCUT2D eigenvalue weighted by Gasteiger charge is -2.25. The Kier molecular flexibility index (Phi) is 4.93. The van der Waals surface area contributed by atoms with Gasteiger partial charge in [0.2, 0.25) is 0 Å². The maximum Gasteiger partial charge on any atom is 0.0795 e. The molecule has 19 heavy (non-hydrogen) atoms. The van der Waals surface area contributed by atoms with E-state index in [1.54, 1.807) is 11.3 Å². The number of rotatable bonds is 6. The Morgan fingerprint density at radius 1 is 1.37 bits per heavy atom. The zero-order chi connectivity index (χ0) is 13.7. The number of anilines is 1. The van der Waals surface area contributed by atoms with E-state index >= 15 is 0 Å². The number of nitrogens with zero attached hydrogens (tertiary/aromatic N) is 2. The highest BCUT2D eigenvalue weighted by Gasteiger charge is 2.12. The summed E-state index contributed by atoms with van der Waals surface area (Å²) in [6.07, 6.45) is 0. The fourth-order valence-electron chi connectivity index (χ4n) is 2.26. The summed E-state index contributed by atoms with van der Waals surface area (Å²) in [5.74, 6) is 0. The van der Waals surface area contributed by atoms with Crippen LogP contribution in [-0.2, 0) is 6.54 Å². The number of aromatic nitrogens is 1. The van der Waals surface area contributed by atoms with Crippen LogP contribution in [0.4, 0.5) is 5.69 Å². The summed E-state index contributed by atoms with van der Waals surface area (Å²) in [6.45, 7) is 6.17. The van der Waals surface area contributed by atoms with Gasteiger partial charge < -0.3 is 10.2 Å². The number of hydrogen-bond acceptors (Lipinski definition) is 4. The van der Waals surface area contributed by atoms with Crippen LogP contribution in [0.2, 0.25) is 0 Å². The van der Waals surface area contributed by atoms with Gasteiger partial charge in [-0.25, -0.2) is 4.98 Å². The molecule has 0 spiro atoms. The van der Waals surface area contributed by atoms with Gasteiger partial charge in [-0.2, -0.15) is 0 Å². The zero-order valence-corrected chi connectivity index (χ0v) is 12.6. The van der Waals surface area contributed by atoms with Gasteiger partial charge in [0.15, 0.2) is 0 Å². The summed E-state index contributed by atoms with van der Waals surface area (Å²) in [6, 6.07) is 8.92. The second-order valence-electron chi connectivity index (χ2n) is 4.67. The van der Waals surface area contributed by atoms with Gasteiger partial charge in [-0.3, -0.25) is 0 Å². The SMILES string of the molecule is CCNC(C)c1ccccc1N(C)Cc1cscn1. The molecule has 0 fully saturated rings. The number of nitrogens with one attached hydrogen (secondary N) is 1. The van der Waals surface area contributed by atoms with Gasteiger partial charge in [-0.15, -0.1) is 11.3 Å². The molecule has 0 saturated heterocycles. The van der Waals surface area contributed by atoms with Gasteiger partial charge >= 0.3 is 0 Å². The van der Waals surface area contributed by atoms with Crippen LogP contribution >= 0.6 is 11.3 Å². The summed E-state index contributed by atoms with van der Waals surface area (Å²) in [5, 5.41) is 5.58. The smallest absolute Gasteiger partial charge is 0.0795 e. The summed E-state index contributed by atoms with van der Waals surface area (Å²) in [4.78, 5) is 6.62. The van der Waals surface area contributed by atoms with Crippen LogP contribution in [0.3, 0.4) is 0 Å². The largest absolute Gasteiger partial charge is 0.368 e. The molecule has 1 heterocycles. The Balaban J connectivity index is 2.18. The maximum absolute atomic E-state index is 4.35. The molecule has 1 atom stereocenters. The molecule has 0 bridgehead atoms. The Morgan fingerprint density at radius 3 is 2.84 bits per heavy atom. The third-order valence-electron chi connectivity index (χ3n) is 3.21. The minimum absolute atomic E-state index is 0.360. The highest BCUT2D eigenvalue weighted by molar-refractivity contribution is 7.07. The van der Waals surface area contributed by atoms with E-state index < -0.39 is 0 Å². The molecule has 0 amide bonds. The minimum Gasteiger partial charge on any atom is -0.368 e. The highest BCUT2D eigenvalue weighted by atomic mass is 32.1. The molecule has 1 N–H and O–H groups in total. The number of para-hydroxylation sites is 1. The quantitative estimate of drug-likeness (QED) is 0.875. The molecule has 3 nitrogen and oxygen atoms in total. The predicted molar refractivity (Wildman–Crippen MR) is 82.8 cm³/mol. The van der Waals surface area contributed by atoms with Crippen molar-refractivity contribution in [2.75, 3.05) is 18.5 Å². The van der Waals surface area contributed by atoms with Crippen molar-refractivity contribution in [2.45, 2.75) is 26.4 Å². The Labute approximate surface area is 119 Å². The first-order chi connectivity index (χ1) is 9.22. The summed E-state index contributed by atoms with van der Waals surface area (Å²) in [7, 11) is 2.12. The molecule has 1 aromatic carbocycles. The normalized spacial score (nSPS) is 12.4. The van der Waals surface area contributed by atoms with E-state index in [1.165, 1.54) is 11.3 Å². The third kappa shape index (κ3) is 3.55. The van der Waals surface area contributed by atoms with E-state index in [9.17, 15) is 0 Å². The topological polar surface area (TPSA) is 28.2 Å². The summed E-state index contributed by atoms with van der Waals surface area (Å²) >= 11 is 1.65. The molecule has 0 radical (unpaired) electrons. The van der Waals surface area contributed by atoms with Crippen LogP contribution < -0.4 is 10.2 Å². The molecule has 102 valence electrons. The fraction of sp³-hybridized carbons (Fsp3) is 0.400. The molecule has 0 aliphatic heterocycles. The number of benzene rings is 1. The molecule has 1 aromatic heterocycles. The molecular weight excluding hydrogens is 254 g/mol. The van der Waals surface area contributed by atoms with Crippen molar-refractivity contribution in [3.63, 3.8) is 0 Å². The predicted octanol–water partition coefficient (Wildman–Crippen LogP) is 3.45.